The van der Waals surface area contributed by atoms with Gasteiger partial charge in [-0.2, -0.15) is 0 Å². The predicted octanol–water partition coefficient (Wildman–Crippen LogP) is 2.31. The number of likely N-dealkylation sites (tertiary alicyclic amines) is 2. The van der Waals surface area contributed by atoms with Gasteiger partial charge in [0.25, 0.3) is 0 Å². The van der Waals surface area contributed by atoms with Crippen LogP contribution in [0.2, 0.25) is 0 Å². The van der Waals surface area contributed by atoms with Gasteiger partial charge in [0.15, 0.2) is 5.96 Å². The summed E-state index contributed by atoms with van der Waals surface area (Å²) < 4.78 is 0. The minimum absolute atomic E-state index is 0.153. The van der Waals surface area contributed by atoms with Crippen molar-refractivity contribution in [2.24, 2.45) is 10.9 Å². The van der Waals surface area contributed by atoms with Crippen molar-refractivity contribution in [3.05, 3.63) is 22.4 Å². The van der Waals surface area contributed by atoms with Crippen LogP contribution in [0.4, 0.5) is 0 Å². The average Bonchev–Trinajstić information content (AvgIpc) is 3.40. The van der Waals surface area contributed by atoms with E-state index in [-0.39, 0.29) is 5.91 Å². The van der Waals surface area contributed by atoms with Crippen molar-refractivity contribution in [1.29, 1.82) is 0 Å². The van der Waals surface area contributed by atoms with Gasteiger partial charge in [-0.05, 0) is 56.1 Å². The third-order valence-corrected chi connectivity index (χ3v) is 6.76. The molecule has 27 heavy (non-hydrogen) atoms. The minimum atomic E-state index is 0.153. The number of carbonyl (C=O) groups excluding carboxylic acids is 1. The van der Waals surface area contributed by atoms with Gasteiger partial charge in [-0.3, -0.25) is 14.7 Å². The van der Waals surface area contributed by atoms with Gasteiger partial charge >= 0.3 is 0 Å². The monoisotopic (exact) mass is 391 g/mol. The van der Waals surface area contributed by atoms with Crippen molar-refractivity contribution in [1.82, 2.24) is 20.4 Å². The summed E-state index contributed by atoms with van der Waals surface area (Å²) in [7, 11) is 3.59. The number of amides is 1. The van der Waals surface area contributed by atoms with E-state index in [0.29, 0.717) is 18.4 Å². The summed E-state index contributed by atoms with van der Waals surface area (Å²) in [6, 6.07) is 4.83. The number of nitrogens with one attached hydrogen (secondary N) is 2. The van der Waals surface area contributed by atoms with Crippen LogP contribution in [0.15, 0.2) is 22.5 Å². The number of carbonyl (C=O) groups is 1. The van der Waals surface area contributed by atoms with Gasteiger partial charge in [0.05, 0.1) is 6.04 Å². The molecule has 7 heteroatoms. The van der Waals surface area contributed by atoms with E-state index in [1.165, 1.54) is 30.8 Å². The molecule has 2 saturated heterocycles. The molecule has 0 bridgehead atoms. The van der Waals surface area contributed by atoms with Crippen molar-refractivity contribution in [2.75, 3.05) is 46.8 Å². The highest BCUT2D eigenvalue weighted by atomic mass is 32.1. The van der Waals surface area contributed by atoms with Crippen molar-refractivity contribution >= 4 is 23.2 Å². The standard InChI is InChI=1S/C20H33N5OS/c1-21-19(26)14-16-7-11-25(12-8-16)20(22-2)23-15-17(18-6-5-13-27-18)24-9-3-4-10-24/h5-6,13,16-17H,3-4,7-12,14-15H2,1-2H3,(H,21,26)(H,22,23). The first-order valence-corrected chi connectivity index (χ1v) is 11.0. The molecule has 2 fully saturated rings. The molecule has 0 aromatic carbocycles. The molecule has 1 aromatic heterocycles. The molecule has 1 aromatic rings. The maximum absolute atomic E-state index is 11.6. The zero-order valence-electron chi connectivity index (χ0n) is 16.6. The summed E-state index contributed by atoms with van der Waals surface area (Å²) in [5.41, 5.74) is 0. The average molecular weight is 392 g/mol. The molecule has 0 spiro atoms. The molecule has 3 rings (SSSR count). The second-order valence-electron chi connectivity index (χ2n) is 7.51. The van der Waals surface area contributed by atoms with E-state index in [1.807, 2.05) is 18.4 Å². The Bertz CT molecular complexity index is 604. The maximum atomic E-state index is 11.6. The fraction of sp³-hybridized carbons (Fsp3) is 0.700. The van der Waals surface area contributed by atoms with E-state index in [9.17, 15) is 4.79 Å². The summed E-state index contributed by atoms with van der Waals surface area (Å²) in [5.74, 6) is 1.64. The van der Waals surface area contributed by atoms with Gasteiger partial charge in [-0.1, -0.05) is 6.07 Å². The molecule has 1 atom stereocenters. The molecule has 2 aliphatic rings. The van der Waals surface area contributed by atoms with E-state index in [4.69, 9.17) is 0 Å². The summed E-state index contributed by atoms with van der Waals surface area (Å²) >= 11 is 1.85. The van der Waals surface area contributed by atoms with Crippen LogP contribution in [0, 0.1) is 5.92 Å². The Morgan fingerprint density at radius 3 is 2.63 bits per heavy atom. The second-order valence-corrected chi connectivity index (χ2v) is 8.49. The van der Waals surface area contributed by atoms with Crippen LogP contribution in [-0.2, 0) is 4.79 Å². The first-order chi connectivity index (χ1) is 13.2. The van der Waals surface area contributed by atoms with E-state index >= 15 is 0 Å². The second kappa shape index (κ2) is 10.1. The van der Waals surface area contributed by atoms with Crippen molar-refractivity contribution in [3.8, 4) is 0 Å². The molecule has 0 aliphatic carbocycles. The summed E-state index contributed by atoms with van der Waals surface area (Å²) in [5, 5.41) is 8.54. The fourth-order valence-electron chi connectivity index (χ4n) is 4.18. The zero-order valence-corrected chi connectivity index (χ0v) is 17.4. The topological polar surface area (TPSA) is 60.0 Å². The molecular formula is C20H33N5OS. The number of aliphatic imine (C=N–C) groups is 1. The van der Waals surface area contributed by atoms with Crippen LogP contribution in [0.3, 0.4) is 0 Å². The first-order valence-electron chi connectivity index (χ1n) is 10.1. The highest BCUT2D eigenvalue weighted by Gasteiger charge is 2.26. The number of hydrogen-bond acceptors (Lipinski definition) is 4. The van der Waals surface area contributed by atoms with Crippen LogP contribution in [0.5, 0.6) is 0 Å². The highest BCUT2D eigenvalue weighted by molar-refractivity contribution is 7.10. The van der Waals surface area contributed by atoms with Gasteiger partial charge in [0, 0.05) is 45.0 Å². The summed E-state index contributed by atoms with van der Waals surface area (Å²) in [4.78, 5) is 22.5. The van der Waals surface area contributed by atoms with Gasteiger partial charge in [-0.15, -0.1) is 11.3 Å². The van der Waals surface area contributed by atoms with Gasteiger partial charge in [0.1, 0.15) is 0 Å². The number of nitrogens with zero attached hydrogens (tertiary/aromatic N) is 3. The largest absolute Gasteiger partial charge is 0.359 e. The Morgan fingerprint density at radius 1 is 1.30 bits per heavy atom. The predicted molar refractivity (Wildman–Crippen MR) is 112 cm³/mol. The normalized spacial score (nSPS) is 20.7. The van der Waals surface area contributed by atoms with E-state index < -0.39 is 0 Å². The first kappa shape index (κ1) is 20.1. The smallest absolute Gasteiger partial charge is 0.220 e. The Hall–Kier alpha value is -1.60. The van der Waals surface area contributed by atoms with Gasteiger partial charge in [-0.25, -0.2) is 0 Å². The number of piperidine rings is 1. The van der Waals surface area contributed by atoms with E-state index in [2.05, 4.69) is 42.9 Å². The van der Waals surface area contributed by atoms with Gasteiger partial charge in [0.2, 0.25) is 5.91 Å². The molecule has 3 heterocycles. The van der Waals surface area contributed by atoms with E-state index in [0.717, 1.165) is 38.4 Å². The molecular weight excluding hydrogens is 358 g/mol. The molecule has 6 nitrogen and oxygen atoms in total. The summed E-state index contributed by atoms with van der Waals surface area (Å²) in [6.07, 6.45) is 5.35. The Labute approximate surface area is 167 Å². The Balaban J connectivity index is 1.53. The molecule has 1 unspecified atom stereocenters. The van der Waals surface area contributed by atoms with Crippen molar-refractivity contribution < 1.29 is 4.79 Å². The number of rotatable bonds is 6. The van der Waals surface area contributed by atoms with Crippen LogP contribution in [0.25, 0.3) is 0 Å². The lowest BCUT2D eigenvalue weighted by Crippen LogP contribution is -2.48. The minimum Gasteiger partial charge on any atom is -0.359 e. The fourth-order valence-corrected chi connectivity index (χ4v) is 5.04. The van der Waals surface area contributed by atoms with Crippen LogP contribution < -0.4 is 10.6 Å². The Kier molecular flexibility index (Phi) is 7.52. The lowest BCUT2D eigenvalue weighted by molar-refractivity contribution is -0.121. The maximum Gasteiger partial charge on any atom is 0.220 e. The molecule has 150 valence electrons. The highest BCUT2D eigenvalue weighted by Crippen LogP contribution is 2.28. The van der Waals surface area contributed by atoms with Crippen LogP contribution in [-0.4, -0.2) is 68.5 Å². The molecule has 2 N–H and O–H groups in total. The summed E-state index contributed by atoms with van der Waals surface area (Å²) in [6.45, 7) is 5.20. The van der Waals surface area contributed by atoms with Crippen molar-refractivity contribution in [2.45, 2.75) is 38.1 Å². The number of hydrogen-bond donors (Lipinski definition) is 2. The van der Waals surface area contributed by atoms with Gasteiger partial charge < -0.3 is 15.5 Å². The SMILES string of the molecule is CN=C(NCC(c1cccs1)N1CCCC1)N1CCC(CC(=O)NC)CC1. The molecule has 0 radical (unpaired) electrons. The van der Waals surface area contributed by atoms with Crippen LogP contribution in [0.1, 0.15) is 43.0 Å². The lowest BCUT2D eigenvalue weighted by atomic mass is 9.93. The third kappa shape index (κ3) is 5.45. The zero-order chi connectivity index (χ0) is 19.1. The van der Waals surface area contributed by atoms with E-state index in [1.54, 1.807) is 7.05 Å². The van der Waals surface area contributed by atoms with Crippen LogP contribution >= 0.6 is 11.3 Å². The molecule has 2 aliphatic heterocycles. The van der Waals surface area contributed by atoms with Crippen molar-refractivity contribution in [3.63, 3.8) is 0 Å². The third-order valence-electron chi connectivity index (χ3n) is 5.79. The lowest BCUT2D eigenvalue weighted by Gasteiger charge is -2.35. The Morgan fingerprint density at radius 2 is 2.04 bits per heavy atom. The number of thiophene rings is 1. The molecule has 0 saturated carbocycles. The number of guanidine groups is 1. The molecule has 1 amide bonds. The quantitative estimate of drug-likeness (QED) is 0.577.